The van der Waals surface area contributed by atoms with Crippen molar-refractivity contribution in [2.75, 3.05) is 40.0 Å². The predicted octanol–water partition coefficient (Wildman–Crippen LogP) is -0.445. The van der Waals surface area contributed by atoms with Gasteiger partial charge in [-0.05, 0) is 6.42 Å². The summed E-state index contributed by atoms with van der Waals surface area (Å²) in [6, 6.07) is 0. The number of rotatable bonds is 7. The average Bonchev–Trinajstić information content (AvgIpc) is 3.17. The molecular formula is C15H27NO6. The van der Waals surface area contributed by atoms with Crippen LogP contribution in [0.5, 0.6) is 0 Å². The van der Waals surface area contributed by atoms with Gasteiger partial charge in [0.15, 0.2) is 0 Å². The van der Waals surface area contributed by atoms with Crippen molar-refractivity contribution in [3.8, 4) is 0 Å². The number of ether oxygens (including phenoxy) is 3. The average molecular weight is 317 g/mol. The van der Waals surface area contributed by atoms with Gasteiger partial charge in [0.25, 0.3) is 0 Å². The van der Waals surface area contributed by atoms with Crippen LogP contribution >= 0.6 is 0 Å². The molecule has 0 radical (unpaired) electrons. The Labute approximate surface area is 131 Å². The van der Waals surface area contributed by atoms with Crippen LogP contribution in [0.3, 0.4) is 0 Å². The van der Waals surface area contributed by atoms with Crippen LogP contribution in [0.15, 0.2) is 0 Å². The monoisotopic (exact) mass is 317 g/mol. The van der Waals surface area contributed by atoms with Crippen molar-refractivity contribution >= 4 is 0 Å². The molecule has 0 unspecified atom stereocenters. The van der Waals surface area contributed by atoms with Gasteiger partial charge < -0.3 is 24.4 Å². The second-order valence-corrected chi connectivity index (χ2v) is 6.60. The Morgan fingerprint density at radius 2 is 2.23 bits per heavy atom. The van der Waals surface area contributed by atoms with E-state index in [0.29, 0.717) is 32.8 Å². The fourth-order valence-electron chi connectivity index (χ4n) is 3.62. The zero-order valence-electron chi connectivity index (χ0n) is 13.3. The molecule has 22 heavy (non-hydrogen) atoms. The Hall–Kier alpha value is -0.280. The number of fused-ring (bicyclic) bond motifs is 2. The molecule has 7 nitrogen and oxygen atoms in total. The summed E-state index contributed by atoms with van der Waals surface area (Å²) in [5.74, 6) is 0.0975. The maximum absolute atomic E-state index is 9.96. The largest absolute Gasteiger partial charge is 0.393 e. The smallest absolute Gasteiger partial charge is 0.121 e. The highest BCUT2D eigenvalue weighted by Crippen LogP contribution is 2.41. The van der Waals surface area contributed by atoms with Crippen molar-refractivity contribution < 1.29 is 29.3 Å². The molecule has 0 aromatic heterocycles. The van der Waals surface area contributed by atoms with Crippen LogP contribution in [0.4, 0.5) is 0 Å². The first-order chi connectivity index (χ1) is 10.6. The molecule has 3 aliphatic rings. The molecule has 3 fully saturated rings. The first kappa shape index (κ1) is 16.6. The summed E-state index contributed by atoms with van der Waals surface area (Å²) in [7, 11) is 1.85. The van der Waals surface area contributed by atoms with E-state index in [-0.39, 0.29) is 30.8 Å². The topological polar surface area (TPSA) is 80.6 Å². The Morgan fingerprint density at radius 3 is 2.82 bits per heavy atom. The maximum atomic E-state index is 9.96. The molecule has 2 bridgehead atoms. The van der Waals surface area contributed by atoms with E-state index < -0.39 is 11.7 Å². The van der Waals surface area contributed by atoms with E-state index in [0.717, 1.165) is 6.42 Å². The van der Waals surface area contributed by atoms with Crippen LogP contribution in [-0.2, 0) is 19.0 Å². The van der Waals surface area contributed by atoms with Gasteiger partial charge in [-0.15, -0.1) is 0 Å². The van der Waals surface area contributed by atoms with Crippen molar-refractivity contribution in [1.82, 2.24) is 5.06 Å². The summed E-state index contributed by atoms with van der Waals surface area (Å²) in [6.07, 6.45) is 0.994. The van der Waals surface area contributed by atoms with Gasteiger partial charge in [0.1, 0.15) is 11.7 Å². The molecule has 3 saturated heterocycles. The van der Waals surface area contributed by atoms with Crippen molar-refractivity contribution in [3.05, 3.63) is 0 Å². The van der Waals surface area contributed by atoms with Crippen molar-refractivity contribution in [2.24, 2.45) is 5.92 Å². The molecule has 3 aliphatic heterocycles. The van der Waals surface area contributed by atoms with Gasteiger partial charge in [-0.25, -0.2) is 0 Å². The zero-order chi connectivity index (χ0) is 15.7. The lowest BCUT2D eigenvalue weighted by Crippen LogP contribution is -2.45. The summed E-state index contributed by atoms with van der Waals surface area (Å²) < 4.78 is 17.1. The quantitative estimate of drug-likeness (QED) is 0.616. The third-order valence-corrected chi connectivity index (χ3v) is 5.14. The lowest BCUT2D eigenvalue weighted by Gasteiger charge is -2.29. The minimum absolute atomic E-state index is 0.0241. The fourth-order valence-corrected chi connectivity index (χ4v) is 3.62. The number of aliphatic hydroxyl groups excluding tert-OH is 2. The fraction of sp³-hybridized carbons (Fsp3) is 1.00. The van der Waals surface area contributed by atoms with Crippen molar-refractivity contribution in [2.45, 2.75) is 49.8 Å². The highest BCUT2D eigenvalue weighted by atomic mass is 16.7. The molecule has 0 aromatic carbocycles. The van der Waals surface area contributed by atoms with Gasteiger partial charge in [0.05, 0.1) is 44.7 Å². The molecule has 128 valence electrons. The molecule has 3 rings (SSSR count). The Balaban J connectivity index is 1.46. The Morgan fingerprint density at radius 1 is 1.41 bits per heavy atom. The molecule has 0 spiro atoms. The van der Waals surface area contributed by atoms with Crippen LogP contribution in [0.1, 0.15) is 19.8 Å². The van der Waals surface area contributed by atoms with E-state index in [4.69, 9.17) is 19.0 Å². The van der Waals surface area contributed by atoms with Crippen LogP contribution in [0, 0.1) is 5.92 Å². The highest BCUT2D eigenvalue weighted by molar-refractivity contribution is 5.03. The minimum Gasteiger partial charge on any atom is -0.393 e. The van der Waals surface area contributed by atoms with E-state index in [2.05, 4.69) is 6.92 Å². The summed E-state index contributed by atoms with van der Waals surface area (Å²) in [4.78, 5) is 5.72. The number of nitrogens with zero attached hydrogens (tertiary/aromatic N) is 1. The number of aliphatic hydroxyl groups is 2. The third-order valence-electron chi connectivity index (χ3n) is 5.14. The van der Waals surface area contributed by atoms with Crippen molar-refractivity contribution in [1.29, 1.82) is 0 Å². The number of hydrogen-bond acceptors (Lipinski definition) is 7. The summed E-state index contributed by atoms with van der Waals surface area (Å²) in [5, 5.41) is 21.3. The molecule has 0 aromatic rings. The van der Waals surface area contributed by atoms with Gasteiger partial charge in [0, 0.05) is 25.9 Å². The van der Waals surface area contributed by atoms with Gasteiger partial charge in [0.2, 0.25) is 0 Å². The lowest BCUT2D eigenvalue weighted by atomic mass is 9.90. The maximum Gasteiger partial charge on any atom is 0.121 e. The van der Waals surface area contributed by atoms with Gasteiger partial charge in [-0.2, -0.15) is 5.06 Å². The van der Waals surface area contributed by atoms with Crippen LogP contribution in [0.25, 0.3) is 0 Å². The van der Waals surface area contributed by atoms with Gasteiger partial charge in [-0.3, -0.25) is 4.84 Å². The van der Waals surface area contributed by atoms with E-state index in [1.165, 1.54) is 0 Å². The summed E-state index contributed by atoms with van der Waals surface area (Å²) >= 11 is 0. The van der Waals surface area contributed by atoms with E-state index in [9.17, 15) is 10.2 Å². The number of hydroxylamine groups is 2. The minimum atomic E-state index is -0.584. The molecule has 0 aliphatic carbocycles. The lowest BCUT2D eigenvalue weighted by molar-refractivity contribution is -0.187. The summed E-state index contributed by atoms with van der Waals surface area (Å²) in [6.45, 7) is 3.93. The second kappa shape index (κ2) is 6.68. The van der Waals surface area contributed by atoms with Crippen LogP contribution < -0.4 is 0 Å². The first-order valence-electron chi connectivity index (χ1n) is 8.12. The van der Waals surface area contributed by atoms with E-state index >= 15 is 0 Å². The number of hydrogen-bond donors (Lipinski definition) is 2. The third kappa shape index (κ3) is 3.03. The predicted molar refractivity (Wildman–Crippen MR) is 77.2 cm³/mol. The molecule has 3 heterocycles. The van der Waals surface area contributed by atoms with Gasteiger partial charge >= 0.3 is 0 Å². The molecule has 7 heteroatoms. The molecule has 0 saturated carbocycles. The molecular weight excluding hydrogens is 290 g/mol. The standard InChI is InChI=1S/C15H27NO6/c1-3-10-4-12(18)14(22-10)7-21-16(2)5-11-13-6-20-15(11,8-17)9-19-13/h10-14,17-18H,3-9H2,1-2H3/t10-,11-,12-,13-,14+,15-/m0/s1. The second-order valence-electron chi connectivity index (χ2n) is 6.60. The molecule has 0 amide bonds. The van der Waals surface area contributed by atoms with E-state index in [1.807, 2.05) is 7.05 Å². The van der Waals surface area contributed by atoms with Crippen LogP contribution in [-0.4, -0.2) is 85.3 Å². The zero-order valence-corrected chi connectivity index (χ0v) is 13.3. The van der Waals surface area contributed by atoms with Crippen LogP contribution in [0.2, 0.25) is 0 Å². The molecule has 6 atom stereocenters. The molecule has 2 N–H and O–H groups in total. The Bertz CT molecular complexity index is 373. The Kier molecular flexibility index (Phi) is 5.04. The SMILES string of the molecule is CC[C@H]1C[C@H](O)[C@@H](CON(C)C[C@H]2[C@@H]3CO[C@@]2(CO)CO3)O1. The normalized spacial score (nSPS) is 44.3. The van der Waals surface area contributed by atoms with Gasteiger partial charge in [-0.1, -0.05) is 6.92 Å². The highest BCUT2D eigenvalue weighted by Gasteiger charge is 2.56. The first-order valence-corrected chi connectivity index (χ1v) is 8.12. The van der Waals surface area contributed by atoms with E-state index in [1.54, 1.807) is 5.06 Å². The summed E-state index contributed by atoms with van der Waals surface area (Å²) in [5.41, 5.74) is -0.584. The van der Waals surface area contributed by atoms with Crippen molar-refractivity contribution in [3.63, 3.8) is 0 Å².